The smallest absolute Gasteiger partial charge is 0.125 e. The van der Waals surface area contributed by atoms with Gasteiger partial charge in [-0.2, -0.15) is 0 Å². The van der Waals surface area contributed by atoms with Crippen LogP contribution in [0, 0.1) is 12.7 Å². The van der Waals surface area contributed by atoms with Gasteiger partial charge in [0, 0.05) is 18.8 Å². The predicted octanol–water partition coefficient (Wildman–Crippen LogP) is 2.41. The quantitative estimate of drug-likeness (QED) is 0.672. The average molecular weight is 178 g/mol. The summed E-state index contributed by atoms with van der Waals surface area (Å²) in [4.78, 5) is 2.20. The summed E-state index contributed by atoms with van der Waals surface area (Å²) in [6.45, 7) is 5.74. The van der Waals surface area contributed by atoms with Crippen molar-refractivity contribution < 1.29 is 4.39 Å². The number of hydrogen-bond acceptors (Lipinski definition) is 1. The number of nitrogens with zero attached hydrogens (tertiary/aromatic N) is 1. The lowest BCUT2D eigenvalue weighted by Crippen LogP contribution is -2.20. The van der Waals surface area contributed by atoms with Crippen molar-refractivity contribution in [2.24, 2.45) is 0 Å². The molecule has 1 aliphatic rings. The first-order valence-corrected chi connectivity index (χ1v) is 4.64. The summed E-state index contributed by atoms with van der Waals surface area (Å²) in [5.74, 6) is -0.144. The third kappa shape index (κ3) is 1.53. The van der Waals surface area contributed by atoms with E-state index in [9.17, 15) is 4.39 Å². The van der Waals surface area contributed by atoms with E-state index in [1.165, 1.54) is 11.6 Å². The molecule has 0 saturated heterocycles. The maximum Gasteiger partial charge on any atom is 0.125 e. The minimum Gasteiger partial charge on any atom is -0.371 e. The van der Waals surface area contributed by atoms with Crippen LogP contribution in [0.2, 0.25) is 0 Å². The van der Waals surface area contributed by atoms with Crippen molar-refractivity contribution in [2.75, 3.05) is 18.0 Å². The molecule has 1 nitrogen and oxygen atoms in total. The van der Waals surface area contributed by atoms with E-state index >= 15 is 0 Å². The molecule has 69 valence electrons. The van der Waals surface area contributed by atoms with Crippen molar-refractivity contribution in [3.8, 4) is 0 Å². The molecule has 1 aromatic carbocycles. The van der Waals surface area contributed by atoms with Crippen LogP contribution in [0.5, 0.6) is 0 Å². The maximum absolute atomic E-state index is 12.9. The van der Waals surface area contributed by atoms with E-state index in [0.717, 1.165) is 31.6 Å². The van der Waals surface area contributed by atoms with Gasteiger partial charge < -0.3 is 4.90 Å². The molecule has 1 aliphatic heterocycles. The summed E-state index contributed by atoms with van der Waals surface area (Å²) in [7, 11) is 0. The van der Waals surface area contributed by atoms with Gasteiger partial charge in [0.05, 0.1) is 0 Å². The molecule has 0 bridgehead atoms. The molecule has 0 atom stereocenters. The molecule has 2 rings (SSSR count). The first-order chi connectivity index (χ1) is 6.31. The van der Waals surface area contributed by atoms with E-state index in [1.807, 2.05) is 6.07 Å². The summed E-state index contributed by atoms with van der Waals surface area (Å²) in [6.07, 6.45) is 1.91. The van der Waals surface area contributed by atoms with Crippen LogP contribution < -0.4 is 4.90 Å². The van der Waals surface area contributed by atoms with Crippen molar-refractivity contribution in [2.45, 2.75) is 12.8 Å². The SMILES string of the molecule is [CH2]CCN1CCc2ccc(F)cc21. The first kappa shape index (κ1) is 8.54. The van der Waals surface area contributed by atoms with Gasteiger partial charge in [0.1, 0.15) is 5.82 Å². The van der Waals surface area contributed by atoms with Gasteiger partial charge in [-0.3, -0.25) is 0 Å². The second kappa shape index (κ2) is 3.36. The Morgan fingerprint density at radius 2 is 2.31 bits per heavy atom. The lowest BCUT2D eigenvalue weighted by molar-refractivity contribution is 0.627. The van der Waals surface area contributed by atoms with Gasteiger partial charge in [-0.05, 0) is 30.5 Å². The average Bonchev–Trinajstić information content (AvgIpc) is 2.49. The molecule has 0 saturated carbocycles. The van der Waals surface area contributed by atoms with Crippen LogP contribution in [0.25, 0.3) is 0 Å². The van der Waals surface area contributed by atoms with E-state index < -0.39 is 0 Å². The molecule has 0 amide bonds. The Hall–Kier alpha value is -1.05. The fourth-order valence-electron chi connectivity index (χ4n) is 1.84. The lowest BCUT2D eigenvalue weighted by Gasteiger charge is -2.17. The Labute approximate surface area is 78.2 Å². The molecule has 0 unspecified atom stereocenters. The number of anilines is 1. The Morgan fingerprint density at radius 1 is 1.46 bits per heavy atom. The molecule has 0 N–H and O–H groups in total. The van der Waals surface area contributed by atoms with Gasteiger partial charge >= 0.3 is 0 Å². The highest BCUT2D eigenvalue weighted by Gasteiger charge is 2.18. The van der Waals surface area contributed by atoms with Crippen LogP contribution in [0.15, 0.2) is 18.2 Å². The largest absolute Gasteiger partial charge is 0.371 e. The maximum atomic E-state index is 12.9. The van der Waals surface area contributed by atoms with Crippen LogP contribution >= 0.6 is 0 Å². The van der Waals surface area contributed by atoms with Gasteiger partial charge in [0.15, 0.2) is 0 Å². The lowest BCUT2D eigenvalue weighted by atomic mass is 10.2. The molecule has 0 aromatic heterocycles. The number of halogens is 1. The van der Waals surface area contributed by atoms with Crippen LogP contribution in [0.1, 0.15) is 12.0 Å². The number of benzene rings is 1. The molecule has 13 heavy (non-hydrogen) atoms. The summed E-state index contributed by atoms with van der Waals surface area (Å²) in [6, 6.07) is 5.04. The van der Waals surface area contributed by atoms with E-state index in [2.05, 4.69) is 11.8 Å². The molecule has 1 radical (unpaired) electrons. The normalized spacial score (nSPS) is 14.8. The fourth-order valence-corrected chi connectivity index (χ4v) is 1.84. The number of hydrogen-bond donors (Lipinski definition) is 0. The zero-order valence-corrected chi connectivity index (χ0v) is 7.59. The van der Waals surface area contributed by atoms with Crippen LogP contribution in [0.4, 0.5) is 10.1 Å². The first-order valence-electron chi connectivity index (χ1n) is 4.64. The standard InChI is InChI=1S/C11H13FN/c1-2-6-13-7-5-9-3-4-10(12)8-11(9)13/h3-4,8H,1-2,5-7H2. The Bertz CT molecular complexity index is 307. The van der Waals surface area contributed by atoms with Crippen LogP contribution in [-0.4, -0.2) is 13.1 Å². The van der Waals surface area contributed by atoms with Gasteiger partial charge in [0.2, 0.25) is 0 Å². The summed E-state index contributed by atoms with van der Waals surface area (Å²) >= 11 is 0. The van der Waals surface area contributed by atoms with Crippen LogP contribution in [0.3, 0.4) is 0 Å². The Morgan fingerprint density at radius 3 is 3.08 bits per heavy atom. The van der Waals surface area contributed by atoms with Gasteiger partial charge in [-0.1, -0.05) is 13.0 Å². The van der Waals surface area contributed by atoms with Crippen molar-refractivity contribution in [3.63, 3.8) is 0 Å². The van der Waals surface area contributed by atoms with Crippen molar-refractivity contribution in [1.82, 2.24) is 0 Å². The molecule has 0 fully saturated rings. The van der Waals surface area contributed by atoms with Crippen molar-refractivity contribution in [1.29, 1.82) is 0 Å². The minimum absolute atomic E-state index is 0.144. The second-order valence-corrected chi connectivity index (χ2v) is 3.36. The Balaban J connectivity index is 2.29. The zero-order chi connectivity index (χ0) is 9.26. The minimum atomic E-state index is -0.144. The summed E-state index contributed by atoms with van der Waals surface area (Å²) < 4.78 is 12.9. The monoisotopic (exact) mass is 178 g/mol. The van der Waals surface area contributed by atoms with Crippen molar-refractivity contribution >= 4 is 5.69 Å². The third-order valence-electron chi connectivity index (χ3n) is 2.47. The predicted molar refractivity (Wildman–Crippen MR) is 52.3 cm³/mol. The summed E-state index contributed by atoms with van der Waals surface area (Å²) in [5.41, 5.74) is 2.32. The topological polar surface area (TPSA) is 3.24 Å². The fraction of sp³-hybridized carbons (Fsp3) is 0.364. The van der Waals surface area contributed by atoms with E-state index in [0.29, 0.717) is 0 Å². The summed E-state index contributed by atoms with van der Waals surface area (Å²) in [5, 5.41) is 0. The molecule has 0 spiro atoms. The van der Waals surface area contributed by atoms with E-state index in [4.69, 9.17) is 0 Å². The molecule has 1 heterocycles. The molecule has 0 aliphatic carbocycles. The Kier molecular flexibility index (Phi) is 2.21. The van der Waals surface area contributed by atoms with Gasteiger partial charge in [0.25, 0.3) is 0 Å². The molecule has 2 heteroatoms. The molecular weight excluding hydrogens is 165 g/mol. The number of fused-ring (bicyclic) bond motifs is 1. The highest BCUT2D eigenvalue weighted by molar-refractivity contribution is 5.58. The molecule has 1 aromatic rings. The molecular formula is C11H13FN. The van der Waals surface area contributed by atoms with Gasteiger partial charge in [-0.15, -0.1) is 0 Å². The third-order valence-corrected chi connectivity index (χ3v) is 2.47. The highest BCUT2D eigenvalue weighted by Crippen LogP contribution is 2.28. The van der Waals surface area contributed by atoms with Crippen LogP contribution in [-0.2, 0) is 6.42 Å². The highest BCUT2D eigenvalue weighted by atomic mass is 19.1. The van der Waals surface area contributed by atoms with Gasteiger partial charge in [-0.25, -0.2) is 4.39 Å². The second-order valence-electron chi connectivity index (χ2n) is 3.36. The van der Waals surface area contributed by atoms with E-state index in [-0.39, 0.29) is 5.82 Å². The van der Waals surface area contributed by atoms with Crippen molar-refractivity contribution in [3.05, 3.63) is 36.5 Å². The zero-order valence-electron chi connectivity index (χ0n) is 7.59. The van der Waals surface area contributed by atoms with E-state index in [1.54, 1.807) is 6.07 Å². The number of rotatable bonds is 2.